The van der Waals surface area contributed by atoms with Crippen molar-refractivity contribution >= 4 is 0 Å². The van der Waals surface area contributed by atoms with E-state index >= 15 is 0 Å². The van der Waals surface area contributed by atoms with Crippen LogP contribution in [0.15, 0.2) is 24.6 Å². The molecule has 2 nitrogen and oxygen atoms in total. The predicted octanol–water partition coefficient (Wildman–Crippen LogP) is 0.546. The van der Waals surface area contributed by atoms with Crippen molar-refractivity contribution in [3.05, 3.63) is 24.6 Å². The first-order valence-electron chi connectivity index (χ1n) is 1.73. The number of rotatable bonds is 0. The van der Waals surface area contributed by atoms with Crippen LogP contribution in [0.2, 0.25) is 0 Å². The Kier molecular flexibility index (Phi) is 3.75. The van der Waals surface area contributed by atoms with E-state index in [0.29, 0.717) is 0 Å². The normalized spacial score (nSPS) is 13.7. The molecule has 7 heavy (non-hydrogen) atoms. The van der Waals surface area contributed by atoms with E-state index in [2.05, 4.69) is 10.3 Å². The predicted molar refractivity (Wildman–Crippen MR) is 22.5 cm³/mol. The maximum absolute atomic E-state index is 4.55. The molecule has 1 heterocycles. The molecule has 0 fully saturated rings. The number of nitrogens with one attached hydrogen (secondary N) is 1. The number of hydrogen-bond acceptors (Lipinski definition) is 2. The van der Waals surface area contributed by atoms with Crippen molar-refractivity contribution in [3.63, 3.8) is 0 Å². The molecule has 0 aromatic heterocycles. The summed E-state index contributed by atoms with van der Waals surface area (Å²) in [6.45, 7) is 0. The Morgan fingerprint density at radius 1 is 1.29 bits per heavy atom. The van der Waals surface area contributed by atoms with E-state index in [0.717, 1.165) is 0 Å². The van der Waals surface area contributed by atoms with Gasteiger partial charge >= 0.3 is 20.1 Å². The summed E-state index contributed by atoms with van der Waals surface area (Å²) < 4.78 is 0. The minimum atomic E-state index is 0. The van der Waals surface area contributed by atoms with E-state index in [9.17, 15) is 0 Å². The van der Waals surface area contributed by atoms with Crippen LogP contribution in [0.4, 0.5) is 0 Å². The van der Waals surface area contributed by atoms with Gasteiger partial charge in [0.15, 0.2) is 0 Å². The Labute approximate surface area is 55.5 Å². The molecule has 1 aliphatic heterocycles. The third-order valence-electron chi connectivity index (χ3n) is 0.490. The summed E-state index contributed by atoms with van der Waals surface area (Å²) in [7, 11) is 0. The van der Waals surface area contributed by atoms with Gasteiger partial charge in [0.2, 0.25) is 0 Å². The summed E-state index contributed by atoms with van der Waals surface area (Å²) in [5, 5.41) is 0. The van der Waals surface area contributed by atoms with Crippen LogP contribution in [0.1, 0.15) is 0 Å². The topological polar surface area (TPSA) is 21.3 Å². The van der Waals surface area contributed by atoms with Crippen LogP contribution in [0, 0.1) is 0 Å². The van der Waals surface area contributed by atoms with Gasteiger partial charge in [0.05, 0.1) is 0 Å². The average Bonchev–Trinajstić information content (AvgIpc) is 1.72. The smallest absolute Gasteiger partial charge is 0.391 e. The van der Waals surface area contributed by atoms with Crippen molar-refractivity contribution in [2.24, 2.45) is 0 Å². The molecule has 0 radical (unpaired) electrons. The standard InChI is InChI=1S/C4H5NO.Ir/c1-2-4-6-5-3-1;/h1-5H;/q;+3. The van der Waals surface area contributed by atoms with E-state index < -0.39 is 0 Å². The molecule has 1 N–H and O–H groups in total. The summed E-state index contributed by atoms with van der Waals surface area (Å²) in [5.74, 6) is 0. The second kappa shape index (κ2) is 3.90. The molecule has 0 bridgehead atoms. The van der Waals surface area contributed by atoms with Gasteiger partial charge in [-0.2, -0.15) is 0 Å². The largest absolute Gasteiger partial charge is 3.00 e. The van der Waals surface area contributed by atoms with E-state index in [1.807, 2.05) is 6.08 Å². The van der Waals surface area contributed by atoms with E-state index in [1.54, 1.807) is 18.5 Å². The van der Waals surface area contributed by atoms with Crippen LogP contribution in [-0.4, -0.2) is 0 Å². The van der Waals surface area contributed by atoms with Crippen LogP contribution in [0.5, 0.6) is 0 Å². The number of allylic oxidation sites excluding steroid dienone is 2. The molecule has 1 aliphatic rings. The van der Waals surface area contributed by atoms with Gasteiger partial charge in [-0.15, -0.1) is 0 Å². The minimum Gasteiger partial charge on any atom is -0.391 e. The zero-order valence-corrected chi connectivity index (χ0v) is 5.95. The summed E-state index contributed by atoms with van der Waals surface area (Å²) >= 11 is 0. The second-order valence-electron chi connectivity index (χ2n) is 0.923. The fourth-order valence-electron chi connectivity index (χ4n) is 0.258. The summed E-state index contributed by atoms with van der Waals surface area (Å²) in [6, 6.07) is 0. The molecule has 0 saturated carbocycles. The molecule has 1 rings (SSSR count). The maximum Gasteiger partial charge on any atom is 3.00 e. The van der Waals surface area contributed by atoms with Gasteiger partial charge in [-0.1, -0.05) is 0 Å². The van der Waals surface area contributed by atoms with Gasteiger partial charge in [-0.25, -0.2) is 5.48 Å². The van der Waals surface area contributed by atoms with E-state index in [4.69, 9.17) is 0 Å². The van der Waals surface area contributed by atoms with Crippen LogP contribution in [0.3, 0.4) is 0 Å². The van der Waals surface area contributed by atoms with Crippen molar-refractivity contribution in [2.45, 2.75) is 0 Å². The molecule has 0 aliphatic carbocycles. The second-order valence-corrected chi connectivity index (χ2v) is 0.923. The molecule has 0 spiro atoms. The van der Waals surface area contributed by atoms with Crippen molar-refractivity contribution in [1.29, 1.82) is 0 Å². The third kappa shape index (κ3) is 2.43. The molecule has 0 unspecified atom stereocenters. The van der Waals surface area contributed by atoms with Crippen LogP contribution >= 0.6 is 0 Å². The monoisotopic (exact) mass is 276 g/mol. The summed E-state index contributed by atoms with van der Waals surface area (Å²) in [4.78, 5) is 4.55. The maximum atomic E-state index is 4.55. The molecule has 0 aromatic carbocycles. The molecular weight excluding hydrogens is 270 g/mol. The van der Waals surface area contributed by atoms with E-state index in [-0.39, 0.29) is 20.1 Å². The first-order valence-corrected chi connectivity index (χ1v) is 1.73. The number of hydrogen-bond donors (Lipinski definition) is 1. The Morgan fingerprint density at radius 3 is 2.29 bits per heavy atom. The SMILES string of the molecule is C1=CNOC=C1.[Ir+3]. The van der Waals surface area contributed by atoms with Gasteiger partial charge < -0.3 is 4.84 Å². The van der Waals surface area contributed by atoms with Crippen LogP contribution in [-0.2, 0) is 24.9 Å². The third-order valence-corrected chi connectivity index (χ3v) is 0.490. The van der Waals surface area contributed by atoms with Gasteiger partial charge in [0, 0.05) is 6.20 Å². The molecule has 0 atom stereocenters. The summed E-state index contributed by atoms with van der Waals surface area (Å²) in [6.07, 6.45) is 6.93. The average molecular weight is 275 g/mol. The zero-order chi connectivity index (χ0) is 4.24. The van der Waals surface area contributed by atoms with Crippen LogP contribution in [0.25, 0.3) is 0 Å². The fraction of sp³-hybridized carbons (Fsp3) is 0. The van der Waals surface area contributed by atoms with Crippen molar-refractivity contribution in [1.82, 2.24) is 5.48 Å². The molecule has 3 heteroatoms. The molecule has 0 amide bonds. The number of hydroxylamine groups is 1. The summed E-state index contributed by atoms with van der Waals surface area (Å²) in [5.41, 5.74) is 2.52. The first-order chi connectivity index (χ1) is 3.00. The zero-order valence-electron chi connectivity index (χ0n) is 3.55. The van der Waals surface area contributed by atoms with Crippen LogP contribution < -0.4 is 5.48 Å². The van der Waals surface area contributed by atoms with E-state index in [1.165, 1.54) is 0 Å². The Morgan fingerprint density at radius 2 is 2.14 bits per heavy atom. The molecular formula is C4H5IrNO+3. The Hall–Kier alpha value is -0.271. The minimum absolute atomic E-state index is 0. The van der Waals surface area contributed by atoms with Crippen molar-refractivity contribution < 1.29 is 24.9 Å². The quantitative estimate of drug-likeness (QED) is 0.697. The van der Waals surface area contributed by atoms with Gasteiger partial charge in [0.1, 0.15) is 6.26 Å². The first kappa shape index (κ1) is 6.73. The Balaban J connectivity index is 0.000000360. The van der Waals surface area contributed by atoms with Crippen molar-refractivity contribution in [2.75, 3.05) is 0 Å². The van der Waals surface area contributed by atoms with Gasteiger partial charge in [-0.05, 0) is 12.2 Å². The van der Waals surface area contributed by atoms with Crippen molar-refractivity contribution in [3.8, 4) is 0 Å². The fourth-order valence-corrected chi connectivity index (χ4v) is 0.258. The Bertz CT molecular complexity index is 77.7. The molecule has 0 aromatic rings. The molecule has 0 saturated heterocycles. The van der Waals surface area contributed by atoms with Gasteiger partial charge in [0.25, 0.3) is 0 Å². The van der Waals surface area contributed by atoms with Gasteiger partial charge in [-0.3, -0.25) is 0 Å². The molecule has 38 valence electrons.